The molecule has 1 rings (SSSR count). The first-order valence-electron chi connectivity index (χ1n) is 3.89. The summed E-state index contributed by atoms with van der Waals surface area (Å²) in [4.78, 5) is 0. The Labute approximate surface area is 82.1 Å². The Kier molecular flexibility index (Phi) is 3.82. The Hall–Kier alpha value is -0.970. The van der Waals surface area contributed by atoms with Gasteiger partial charge in [0.2, 0.25) is 0 Å². The lowest BCUT2D eigenvalue weighted by Crippen LogP contribution is -2.04. The maximum absolute atomic E-state index is 5.79. The molecule has 0 aliphatic heterocycles. The van der Waals surface area contributed by atoms with Crippen LogP contribution in [0.4, 0.5) is 0 Å². The smallest absolute Gasteiger partial charge is 0.0468 e. The Morgan fingerprint density at radius 3 is 2.69 bits per heavy atom. The summed E-state index contributed by atoms with van der Waals surface area (Å²) in [6.07, 6.45) is 0. The van der Waals surface area contributed by atoms with E-state index in [1.807, 2.05) is 24.3 Å². The maximum atomic E-state index is 5.79. The van der Waals surface area contributed by atoms with E-state index >= 15 is 0 Å². The Balaban J connectivity index is 3.05. The zero-order chi connectivity index (χ0) is 9.68. The van der Waals surface area contributed by atoms with E-state index in [0.717, 1.165) is 23.1 Å². The first kappa shape index (κ1) is 10.1. The number of rotatable bonds is 3. The molecule has 0 spiro atoms. The summed E-state index contributed by atoms with van der Waals surface area (Å²) in [6, 6.07) is 7.76. The predicted molar refractivity (Wildman–Crippen MR) is 58.3 cm³/mol. The van der Waals surface area contributed by atoms with Crippen LogP contribution in [0.25, 0.3) is 5.70 Å². The number of hydrogen-bond acceptors (Lipinski definition) is 4. The van der Waals surface area contributed by atoms with Crippen molar-refractivity contribution in [2.24, 2.45) is 16.6 Å². The van der Waals surface area contributed by atoms with E-state index < -0.39 is 0 Å². The van der Waals surface area contributed by atoms with E-state index in [9.17, 15) is 0 Å². The van der Waals surface area contributed by atoms with Crippen LogP contribution in [-0.2, 0) is 6.54 Å². The SMILES string of the molecule is NCc1ccccc1/C(N)=C/SN. The molecule has 0 saturated carbocycles. The normalized spacial score (nSPS) is 11.7. The summed E-state index contributed by atoms with van der Waals surface area (Å²) in [7, 11) is 0. The van der Waals surface area contributed by atoms with Gasteiger partial charge in [-0.25, -0.2) is 0 Å². The molecule has 1 aromatic rings. The van der Waals surface area contributed by atoms with Gasteiger partial charge in [0.25, 0.3) is 0 Å². The molecule has 3 nitrogen and oxygen atoms in total. The molecule has 13 heavy (non-hydrogen) atoms. The second-order valence-electron chi connectivity index (χ2n) is 2.57. The summed E-state index contributed by atoms with van der Waals surface area (Å²) in [5.41, 5.74) is 14.0. The van der Waals surface area contributed by atoms with Gasteiger partial charge in [0.1, 0.15) is 0 Å². The molecule has 0 saturated heterocycles. The van der Waals surface area contributed by atoms with Crippen molar-refractivity contribution in [2.45, 2.75) is 6.54 Å². The third kappa shape index (κ3) is 2.48. The summed E-state index contributed by atoms with van der Waals surface area (Å²) >= 11 is 1.10. The number of benzene rings is 1. The Bertz CT molecular complexity index is 309. The van der Waals surface area contributed by atoms with Crippen molar-refractivity contribution in [3.8, 4) is 0 Å². The highest BCUT2D eigenvalue weighted by Crippen LogP contribution is 2.15. The fraction of sp³-hybridized carbons (Fsp3) is 0.111. The fourth-order valence-corrected chi connectivity index (χ4v) is 1.39. The van der Waals surface area contributed by atoms with E-state index in [0.29, 0.717) is 12.2 Å². The predicted octanol–water partition coefficient (Wildman–Crippen LogP) is 1.01. The highest BCUT2D eigenvalue weighted by atomic mass is 32.2. The molecular formula is C9H13N3S. The van der Waals surface area contributed by atoms with Crippen molar-refractivity contribution in [1.82, 2.24) is 0 Å². The second-order valence-corrected chi connectivity index (χ2v) is 3.08. The Morgan fingerprint density at radius 1 is 1.38 bits per heavy atom. The fourth-order valence-electron chi connectivity index (χ4n) is 1.12. The monoisotopic (exact) mass is 195 g/mol. The van der Waals surface area contributed by atoms with Gasteiger partial charge in [-0.1, -0.05) is 36.2 Å². The van der Waals surface area contributed by atoms with Gasteiger partial charge in [-0.2, -0.15) is 0 Å². The van der Waals surface area contributed by atoms with Crippen molar-refractivity contribution < 1.29 is 0 Å². The van der Waals surface area contributed by atoms with Crippen LogP contribution in [0, 0.1) is 0 Å². The van der Waals surface area contributed by atoms with Crippen LogP contribution in [0.3, 0.4) is 0 Å². The topological polar surface area (TPSA) is 78.1 Å². The average molecular weight is 195 g/mol. The molecular weight excluding hydrogens is 182 g/mol. The molecule has 0 amide bonds. The molecule has 0 radical (unpaired) electrons. The van der Waals surface area contributed by atoms with Gasteiger partial charge < -0.3 is 11.5 Å². The zero-order valence-corrected chi connectivity index (χ0v) is 8.05. The average Bonchev–Trinajstić information content (AvgIpc) is 2.18. The highest BCUT2D eigenvalue weighted by Gasteiger charge is 2.01. The summed E-state index contributed by atoms with van der Waals surface area (Å²) in [5, 5.41) is 6.99. The van der Waals surface area contributed by atoms with Crippen LogP contribution in [0.2, 0.25) is 0 Å². The largest absolute Gasteiger partial charge is 0.398 e. The Morgan fingerprint density at radius 2 is 2.08 bits per heavy atom. The van der Waals surface area contributed by atoms with Gasteiger partial charge in [-0.3, -0.25) is 5.14 Å². The molecule has 4 heteroatoms. The molecule has 1 aromatic carbocycles. The molecule has 0 aliphatic rings. The van der Waals surface area contributed by atoms with Gasteiger partial charge in [0, 0.05) is 23.2 Å². The van der Waals surface area contributed by atoms with Gasteiger partial charge in [-0.15, -0.1) is 0 Å². The van der Waals surface area contributed by atoms with E-state index in [-0.39, 0.29) is 0 Å². The third-order valence-corrected chi connectivity index (χ3v) is 2.13. The van der Waals surface area contributed by atoms with Gasteiger partial charge in [0.15, 0.2) is 0 Å². The van der Waals surface area contributed by atoms with Crippen LogP contribution in [0.15, 0.2) is 29.7 Å². The van der Waals surface area contributed by atoms with Crippen molar-refractivity contribution in [3.05, 3.63) is 40.8 Å². The standard InChI is InChI=1S/C9H13N3S/c10-5-7-3-1-2-4-8(7)9(11)6-13-12/h1-4,6H,5,10-12H2/b9-6-. The minimum atomic E-state index is 0.486. The third-order valence-electron chi connectivity index (χ3n) is 1.74. The highest BCUT2D eigenvalue weighted by molar-refractivity contribution is 8.00. The summed E-state index contributed by atoms with van der Waals surface area (Å²) < 4.78 is 0. The van der Waals surface area contributed by atoms with Crippen LogP contribution in [0.5, 0.6) is 0 Å². The van der Waals surface area contributed by atoms with Crippen LogP contribution in [-0.4, -0.2) is 0 Å². The minimum absolute atomic E-state index is 0.486. The molecule has 70 valence electrons. The molecule has 0 atom stereocenters. The van der Waals surface area contributed by atoms with Crippen LogP contribution in [0.1, 0.15) is 11.1 Å². The molecule has 0 fully saturated rings. The quantitative estimate of drug-likeness (QED) is 0.629. The van der Waals surface area contributed by atoms with Crippen molar-refractivity contribution in [3.63, 3.8) is 0 Å². The van der Waals surface area contributed by atoms with Gasteiger partial charge >= 0.3 is 0 Å². The molecule has 0 bridgehead atoms. The first-order chi connectivity index (χ1) is 6.29. The summed E-state index contributed by atoms with van der Waals surface area (Å²) in [6.45, 7) is 0.486. The van der Waals surface area contributed by atoms with E-state index in [1.54, 1.807) is 5.41 Å². The molecule has 0 unspecified atom stereocenters. The first-order valence-corrected chi connectivity index (χ1v) is 4.83. The zero-order valence-electron chi connectivity index (χ0n) is 7.23. The number of nitrogens with two attached hydrogens (primary N) is 3. The van der Waals surface area contributed by atoms with E-state index in [1.165, 1.54) is 0 Å². The number of hydrogen-bond donors (Lipinski definition) is 3. The van der Waals surface area contributed by atoms with E-state index in [4.69, 9.17) is 16.6 Å². The second kappa shape index (κ2) is 4.91. The molecule has 6 N–H and O–H groups in total. The minimum Gasteiger partial charge on any atom is -0.398 e. The van der Waals surface area contributed by atoms with Gasteiger partial charge in [0.05, 0.1) is 0 Å². The van der Waals surface area contributed by atoms with Gasteiger partial charge in [-0.05, 0) is 5.56 Å². The van der Waals surface area contributed by atoms with Crippen molar-refractivity contribution >= 4 is 17.6 Å². The lowest BCUT2D eigenvalue weighted by atomic mass is 10.1. The van der Waals surface area contributed by atoms with Crippen LogP contribution < -0.4 is 16.6 Å². The van der Waals surface area contributed by atoms with Crippen molar-refractivity contribution in [2.75, 3.05) is 0 Å². The summed E-state index contributed by atoms with van der Waals surface area (Å²) in [5.74, 6) is 0. The molecule has 0 heterocycles. The van der Waals surface area contributed by atoms with Crippen molar-refractivity contribution in [1.29, 1.82) is 0 Å². The lowest BCUT2D eigenvalue weighted by molar-refractivity contribution is 1.06. The van der Waals surface area contributed by atoms with E-state index in [2.05, 4.69) is 0 Å². The lowest BCUT2D eigenvalue weighted by Gasteiger charge is -2.06. The molecule has 0 aliphatic carbocycles. The maximum Gasteiger partial charge on any atom is 0.0468 e. The molecule has 0 aromatic heterocycles. The van der Waals surface area contributed by atoms with Crippen LogP contribution >= 0.6 is 11.9 Å².